The molecule has 202 valence electrons. The Morgan fingerprint density at radius 1 is 0.595 bits per heavy atom. The van der Waals surface area contributed by atoms with Crippen LogP contribution in [0, 0.1) is 13.2 Å². The van der Waals surface area contributed by atoms with E-state index in [1.807, 2.05) is 24.3 Å². The van der Waals surface area contributed by atoms with E-state index in [0.29, 0.717) is 17.5 Å². The third-order valence-electron chi connectivity index (χ3n) is 6.07. The minimum absolute atomic E-state index is 0.0713. The first-order valence-electron chi connectivity index (χ1n) is 13.7. The normalized spacial score (nSPS) is 11.0. The highest BCUT2D eigenvalue weighted by Crippen LogP contribution is 2.20. The molecule has 6 heteroatoms. The SMILES string of the molecule is [CH2]CCCCCCC[C](OOC(=O)c1ccc(CCCC)cc1)OOC(=O)c1ccc(CCCC)cc1. The lowest BCUT2D eigenvalue weighted by Crippen LogP contribution is -2.16. The molecule has 6 nitrogen and oxygen atoms in total. The van der Waals surface area contributed by atoms with Crippen molar-refractivity contribution in [3.8, 4) is 0 Å². The van der Waals surface area contributed by atoms with Crippen LogP contribution in [0.5, 0.6) is 0 Å². The summed E-state index contributed by atoms with van der Waals surface area (Å²) in [5.74, 6) is -1.29. The van der Waals surface area contributed by atoms with Gasteiger partial charge in [-0.05, 0) is 67.5 Å². The summed E-state index contributed by atoms with van der Waals surface area (Å²) in [5, 5.41) is 0. The molecular weight excluding hydrogens is 468 g/mol. The second-order valence-corrected chi connectivity index (χ2v) is 9.25. The summed E-state index contributed by atoms with van der Waals surface area (Å²) < 4.78 is 0. The fourth-order valence-electron chi connectivity index (χ4n) is 3.72. The summed E-state index contributed by atoms with van der Waals surface area (Å²) >= 11 is 0. The quantitative estimate of drug-likeness (QED) is 0.107. The Morgan fingerprint density at radius 2 is 1.03 bits per heavy atom. The molecule has 2 rings (SSSR count). The third kappa shape index (κ3) is 12.4. The zero-order chi connectivity index (χ0) is 26.7. The molecule has 0 unspecified atom stereocenters. The van der Waals surface area contributed by atoms with E-state index >= 15 is 0 Å². The molecule has 0 amide bonds. The second-order valence-electron chi connectivity index (χ2n) is 9.25. The Labute approximate surface area is 222 Å². The van der Waals surface area contributed by atoms with E-state index in [4.69, 9.17) is 19.6 Å². The van der Waals surface area contributed by atoms with Gasteiger partial charge in [0.2, 0.25) is 0 Å². The average Bonchev–Trinajstić information content (AvgIpc) is 2.93. The van der Waals surface area contributed by atoms with Crippen LogP contribution < -0.4 is 0 Å². The number of aryl methyl sites for hydroxylation is 2. The Bertz CT molecular complexity index is 823. The topological polar surface area (TPSA) is 71.1 Å². The van der Waals surface area contributed by atoms with Crippen LogP contribution in [-0.2, 0) is 32.4 Å². The molecule has 0 heterocycles. The fraction of sp³-hybridized carbons (Fsp3) is 0.484. The van der Waals surface area contributed by atoms with Crippen LogP contribution in [0.15, 0.2) is 48.5 Å². The molecule has 0 saturated heterocycles. The molecule has 37 heavy (non-hydrogen) atoms. The highest BCUT2D eigenvalue weighted by Gasteiger charge is 2.21. The fourth-order valence-corrected chi connectivity index (χ4v) is 3.72. The summed E-state index contributed by atoms with van der Waals surface area (Å²) in [4.78, 5) is 45.3. The lowest BCUT2D eigenvalue weighted by molar-refractivity contribution is -0.363. The van der Waals surface area contributed by atoms with E-state index in [1.165, 1.54) is 11.1 Å². The van der Waals surface area contributed by atoms with Gasteiger partial charge in [-0.25, -0.2) is 9.59 Å². The predicted octanol–water partition coefficient (Wildman–Crippen LogP) is 8.30. The number of unbranched alkanes of at least 4 members (excludes halogenated alkanes) is 7. The molecule has 0 aliphatic heterocycles. The minimum atomic E-state index is -0.646. The van der Waals surface area contributed by atoms with Crippen LogP contribution in [-0.4, -0.2) is 11.9 Å². The van der Waals surface area contributed by atoms with E-state index in [-0.39, 0.29) is 6.29 Å². The highest BCUT2D eigenvalue weighted by atomic mass is 17.3. The number of benzene rings is 2. The molecule has 0 bridgehead atoms. The van der Waals surface area contributed by atoms with Crippen LogP contribution >= 0.6 is 0 Å². The van der Waals surface area contributed by atoms with Gasteiger partial charge in [0.15, 0.2) is 0 Å². The first kappa shape index (κ1) is 30.5. The van der Waals surface area contributed by atoms with E-state index in [2.05, 4.69) is 20.8 Å². The van der Waals surface area contributed by atoms with Gasteiger partial charge in [-0.15, -0.1) is 9.78 Å². The Balaban J connectivity index is 1.88. The van der Waals surface area contributed by atoms with Crippen molar-refractivity contribution >= 4 is 11.9 Å². The zero-order valence-electron chi connectivity index (χ0n) is 22.5. The van der Waals surface area contributed by atoms with E-state index in [0.717, 1.165) is 77.0 Å². The molecule has 0 saturated carbocycles. The molecular formula is C31H42O6. The minimum Gasteiger partial charge on any atom is -0.289 e. The lowest BCUT2D eigenvalue weighted by atomic mass is 10.1. The summed E-state index contributed by atoms with van der Waals surface area (Å²) in [5.41, 5.74) is 3.07. The lowest BCUT2D eigenvalue weighted by Gasteiger charge is -2.14. The molecule has 2 aromatic carbocycles. The predicted molar refractivity (Wildman–Crippen MR) is 144 cm³/mol. The van der Waals surface area contributed by atoms with Crippen molar-refractivity contribution in [3.05, 3.63) is 84.0 Å². The van der Waals surface area contributed by atoms with Crippen molar-refractivity contribution in [2.24, 2.45) is 0 Å². The van der Waals surface area contributed by atoms with Gasteiger partial charge in [-0.2, -0.15) is 0 Å². The molecule has 2 aromatic rings. The van der Waals surface area contributed by atoms with Crippen molar-refractivity contribution in [3.63, 3.8) is 0 Å². The van der Waals surface area contributed by atoms with Crippen molar-refractivity contribution in [1.29, 1.82) is 0 Å². The van der Waals surface area contributed by atoms with E-state index in [9.17, 15) is 9.59 Å². The molecule has 0 aromatic heterocycles. The number of hydrogen-bond donors (Lipinski definition) is 0. The van der Waals surface area contributed by atoms with Crippen LogP contribution in [0.2, 0.25) is 0 Å². The van der Waals surface area contributed by atoms with E-state index in [1.54, 1.807) is 24.3 Å². The standard InChI is InChI=1S/C31H42O6/c1-4-7-10-11-12-13-16-29(34-36-30(32)27-21-17-25(18-22-27)14-8-5-2)35-37-31(33)28-23-19-26(20-24-28)15-9-6-3/h17-24H,1,4-16H2,2-3H3. The van der Waals surface area contributed by atoms with Gasteiger partial charge in [0.05, 0.1) is 11.1 Å². The molecule has 0 aliphatic rings. The highest BCUT2D eigenvalue weighted by molar-refractivity contribution is 5.89. The zero-order valence-corrected chi connectivity index (χ0v) is 22.5. The summed E-state index contributed by atoms with van der Waals surface area (Å²) in [6, 6.07) is 14.5. The Hall–Kier alpha value is -2.70. The van der Waals surface area contributed by atoms with Crippen molar-refractivity contribution in [2.75, 3.05) is 0 Å². The summed E-state index contributed by atoms with van der Waals surface area (Å²) in [6.07, 6.45) is 12.5. The maximum atomic E-state index is 12.5. The third-order valence-corrected chi connectivity index (χ3v) is 6.07. The summed E-state index contributed by atoms with van der Waals surface area (Å²) in [7, 11) is 0. The van der Waals surface area contributed by atoms with Crippen molar-refractivity contribution in [1.82, 2.24) is 0 Å². The molecule has 0 spiro atoms. The first-order valence-corrected chi connectivity index (χ1v) is 13.7. The average molecular weight is 511 g/mol. The smallest absolute Gasteiger partial charge is 0.289 e. The Kier molecular flexibility index (Phi) is 15.3. The van der Waals surface area contributed by atoms with E-state index < -0.39 is 11.9 Å². The number of rotatable bonds is 19. The maximum Gasteiger partial charge on any atom is 0.373 e. The number of carbonyl (C=O) groups is 2. The Morgan fingerprint density at radius 3 is 1.46 bits per heavy atom. The van der Waals surface area contributed by atoms with Crippen molar-refractivity contribution < 1.29 is 29.1 Å². The molecule has 0 fully saturated rings. The largest absolute Gasteiger partial charge is 0.373 e. The van der Waals surface area contributed by atoms with Gasteiger partial charge >= 0.3 is 18.2 Å². The summed E-state index contributed by atoms with van der Waals surface area (Å²) in [6.45, 7) is 8.14. The van der Waals surface area contributed by atoms with Gasteiger partial charge in [0, 0.05) is 6.42 Å². The van der Waals surface area contributed by atoms with Gasteiger partial charge in [-0.3, -0.25) is 9.78 Å². The molecule has 0 N–H and O–H groups in total. The van der Waals surface area contributed by atoms with Gasteiger partial charge in [0.1, 0.15) is 0 Å². The van der Waals surface area contributed by atoms with Crippen LogP contribution in [0.4, 0.5) is 0 Å². The van der Waals surface area contributed by atoms with Gasteiger partial charge < -0.3 is 0 Å². The van der Waals surface area contributed by atoms with Crippen LogP contribution in [0.1, 0.15) is 116 Å². The maximum absolute atomic E-state index is 12.5. The monoisotopic (exact) mass is 510 g/mol. The number of hydrogen-bond acceptors (Lipinski definition) is 6. The molecule has 2 radical (unpaired) electrons. The van der Waals surface area contributed by atoms with Crippen molar-refractivity contribution in [2.45, 2.75) is 97.3 Å². The number of carbonyl (C=O) groups excluding carboxylic acids is 2. The molecule has 0 aliphatic carbocycles. The van der Waals surface area contributed by atoms with Gasteiger partial charge in [-0.1, -0.05) is 90.0 Å². The first-order chi connectivity index (χ1) is 18.1. The van der Waals surface area contributed by atoms with Crippen LogP contribution in [0.25, 0.3) is 0 Å². The molecule has 0 atom stereocenters. The van der Waals surface area contributed by atoms with Gasteiger partial charge in [0.25, 0.3) is 0 Å². The second kappa shape index (κ2) is 18.5. The van der Waals surface area contributed by atoms with Crippen LogP contribution in [0.3, 0.4) is 0 Å².